The van der Waals surface area contributed by atoms with Crippen LogP contribution in [0.2, 0.25) is 0 Å². The number of benzene rings is 1. The number of alkyl halides is 3. The van der Waals surface area contributed by atoms with Crippen molar-refractivity contribution in [1.29, 1.82) is 0 Å². The summed E-state index contributed by atoms with van der Waals surface area (Å²) in [7, 11) is 3.64. The summed E-state index contributed by atoms with van der Waals surface area (Å²) in [4.78, 5) is 26.2. The molecule has 9 heteroatoms. The van der Waals surface area contributed by atoms with Gasteiger partial charge in [0, 0.05) is 27.1 Å². The van der Waals surface area contributed by atoms with E-state index in [-0.39, 0.29) is 13.0 Å². The number of hydrogen-bond acceptors (Lipinski definition) is 3. The smallest absolute Gasteiger partial charge is 0.376 e. The van der Waals surface area contributed by atoms with Gasteiger partial charge in [0.2, 0.25) is 5.91 Å². The first-order valence-corrected chi connectivity index (χ1v) is 7.34. The number of urea groups is 1. The molecule has 1 heterocycles. The average molecular weight is 344 g/mol. The molecule has 0 aromatic heterocycles. The summed E-state index contributed by atoms with van der Waals surface area (Å²) >= 11 is 0. The van der Waals surface area contributed by atoms with Gasteiger partial charge in [-0.3, -0.25) is 4.79 Å². The summed E-state index contributed by atoms with van der Waals surface area (Å²) < 4.78 is 37.1. The Morgan fingerprint density at radius 2 is 2.00 bits per heavy atom. The van der Waals surface area contributed by atoms with Gasteiger partial charge in [-0.25, -0.2) is 4.79 Å². The number of rotatable bonds is 4. The SMILES string of the molecule is CN(C)c1ccccc1NC(=O)NC1CC(=O)N(CC(F)(F)F)C1. The fraction of sp³-hybridized carbons (Fsp3) is 0.467. The van der Waals surface area contributed by atoms with E-state index in [4.69, 9.17) is 0 Å². The first-order chi connectivity index (χ1) is 11.2. The van der Waals surface area contributed by atoms with Crippen LogP contribution in [0.4, 0.5) is 29.3 Å². The zero-order valence-corrected chi connectivity index (χ0v) is 13.4. The number of hydrogen-bond donors (Lipinski definition) is 2. The van der Waals surface area contributed by atoms with Crippen molar-refractivity contribution in [2.75, 3.05) is 37.4 Å². The number of carbonyl (C=O) groups excluding carboxylic acids is 2. The van der Waals surface area contributed by atoms with E-state index < -0.39 is 30.7 Å². The molecule has 24 heavy (non-hydrogen) atoms. The first kappa shape index (κ1) is 17.9. The summed E-state index contributed by atoms with van der Waals surface area (Å²) in [6.45, 7) is -1.45. The molecule has 1 unspecified atom stereocenters. The molecule has 2 N–H and O–H groups in total. The van der Waals surface area contributed by atoms with Gasteiger partial charge in [0.15, 0.2) is 0 Å². The monoisotopic (exact) mass is 344 g/mol. The summed E-state index contributed by atoms with van der Waals surface area (Å²) in [6.07, 6.45) is -4.59. The molecule has 1 aromatic rings. The Bertz CT molecular complexity index is 619. The van der Waals surface area contributed by atoms with E-state index in [1.807, 2.05) is 31.1 Å². The van der Waals surface area contributed by atoms with Gasteiger partial charge in [0.05, 0.1) is 17.4 Å². The first-order valence-electron chi connectivity index (χ1n) is 7.34. The predicted octanol–water partition coefficient (Wildman–Crippen LogP) is 2.04. The molecular formula is C15H19F3N4O2. The second kappa shape index (κ2) is 6.98. The number of anilines is 2. The maximum atomic E-state index is 12.4. The Morgan fingerprint density at radius 1 is 1.33 bits per heavy atom. The van der Waals surface area contributed by atoms with Crippen molar-refractivity contribution in [2.45, 2.75) is 18.6 Å². The van der Waals surface area contributed by atoms with Crippen LogP contribution in [-0.2, 0) is 4.79 Å². The van der Waals surface area contributed by atoms with Gasteiger partial charge in [-0.05, 0) is 12.1 Å². The molecule has 1 aliphatic rings. The lowest BCUT2D eigenvalue weighted by Gasteiger charge is -2.20. The molecule has 0 spiro atoms. The zero-order chi connectivity index (χ0) is 17.9. The minimum absolute atomic E-state index is 0.140. The molecular weight excluding hydrogens is 325 g/mol. The molecule has 1 saturated heterocycles. The lowest BCUT2D eigenvalue weighted by atomic mass is 10.2. The van der Waals surface area contributed by atoms with E-state index in [1.165, 1.54) is 0 Å². The third-order valence-electron chi connectivity index (χ3n) is 3.55. The van der Waals surface area contributed by atoms with Crippen LogP contribution in [0.5, 0.6) is 0 Å². The van der Waals surface area contributed by atoms with Crippen LogP contribution in [0.1, 0.15) is 6.42 Å². The van der Waals surface area contributed by atoms with Crippen molar-refractivity contribution in [3.63, 3.8) is 0 Å². The van der Waals surface area contributed by atoms with Crippen LogP contribution in [0.3, 0.4) is 0 Å². The summed E-state index contributed by atoms with van der Waals surface area (Å²) in [6, 6.07) is 5.91. The Labute approximate surface area is 137 Å². The van der Waals surface area contributed by atoms with Crippen molar-refractivity contribution in [3.05, 3.63) is 24.3 Å². The average Bonchev–Trinajstić information content (AvgIpc) is 2.76. The number of carbonyl (C=O) groups is 2. The van der Waals surface area contributed by atoms with Crippen molar-refractivity contribution in [3.8, 4) is 0 Å². The van der Waals surface area contributed by atoms with E-state index in [0.29, 0.717) is 10.6 Å². The normalized spacial score (nSPS) is 17.8. The molecule has 1 aliphatic heterocycles. The molecule has 2 rings (SSSR count). The highest BCUT2D eigenvalue weighted by Gasteiger charge is 2.38. The van der Waals surface area contributed by atoms with Crippen LogP contribution in [-0.4, -0.2) is 56.2 Å². The van der Waals surface area contributed by atoms with Gasteiger partial charge in [0.25, 0.3) is 0 Å². The second-order valence-electron chi connectivity index (χ2n) is 5.80. The third kappa shape index (κ3) is 4.77. The fourth-order valence-corrected chi connectivity index (χ4v) is 2.55. The number of nitrogens with zero attached hydrogens (tertiary/aromatic N) is 2. The van der Waals surface area contributed by atoms with Crippen LogP contribution >= 0.6 is 0 Å². The zero-order valence-electron chi connectivity index (χ0n) is 13.4. The van der Waals surface area contributed by atoms with Crippen LogP contribution in [0.15, 0.2) is 24.3 Å². The van der Waals surface area contributed by atoms with Gasteiger partial charge in [-0.1, -0.05) is 12.1 Å². The van der Waals surface area contributed by atoms with Gasteiger partial charge in [-0.2, -0.15) is 13.2 Å². The largest absolute Gasteiger partial charge is 0.406 e. The van der Waals surface area contributed by atoms with Crippen molar-refractivity contribution in [1.82, 2.24) is 10.2 Å². The van der Waals surface area contributed by atoms with E-state index in [0.717, 1.165) is 5.69 Å². The standard InChI is InChI=1S/C15H19F3N4O2/c1-21(2)12-6-4-3-5-11(12)20-14(24)19-10-7-13(23)22(8-10)9-15(16,17)18/h3-6,10H,7-9H2,1-2H3,(H2,19,20,24). The van der Waals surface area contributed by atoms with Gasteiger partial charge in [-0.15, -0.1) is 0 Å². The Hall–Kier alpha value is -2.45. The quantitative estimate of drug-likeness (QED) is 0.879. The third-order valence-corrected chi connectivity index (χ3v) is 3.55. The molecule has 6 nitrogen and oxygen atoms in total. The Kier molecular flexibility index (Phi) is 5.20. The van der Waals surface area contributed by atoms with E-state index in [9.17, 15) is 22.8 Å². The number of halogens is 3. The number of amides is 3. The molecule has 0 aliphatic carbocycles. The highest BCUT2D eigenvalue weighted by atomic mass is 19.4. The van der Waals surface area contributed by atoms with Gasteiger partial charge < -0.3 is 20.4 Å². The highest BCUT2D eigenvalue weighted by molar-refractivity contribution is 5.94. The van der Waals surface area contributed by atoms with Crippen molar-refractivity contribution < 1.29 is 22.8 Å². The number of nitrogens with one attached hydrogen (secondary N) is 2. The van der Waals surface area contributed by atoms with E-state index in [1.54, 1.807) is 12.1 Å². The summed E-state index contributed by atoms with van der Waals surface area (Å²) in [5.74, 6) is -0.619. The second-order valence-corrected chi connectivity index (χ2v) is 5.80. The summed E-state index contributed by atoms with van der Waals surface area (Å²) in [5, 5.41) is 5.19. The fourth-order valence-electron chi connectivity index (χ4n) is 2.55. The van der Waals surface area contributed by atoms with Crippen molar-refractivity contribution in [2.24, 2.45) is 0 Å². The predicted molar refractivity (Wildman–Crippen MR) is 84.0 cm³/mol. The minimum atomic E-state index is -4.45. The highest BCUT2D eigenvalue weighted by Crippen LogP contribution is 2.24. The molecule has 1 atom stereocenters. The molecule has 1 fully saturated rings. The van der Waals surface area contributed by atoms with Crippen LogP contribution in [0.25, 0.3) is 0 Å². The molecule has 0 radical (unpaired) electrons. The molecule has 1 aromatic carbocycles. The number of likely N-dealkylation sites (tertiary alicyclic amines) is 1. The Morgan fingerprint density at radius 3 is 2.62 bits per heavy atom. The molecule has 0 bridgehead atoms. The molecule has 3 amide bonds. The minimum Gasteiger partial charge on any atom is -0.376 e. The van der Waals surface area contributed by atoms with E-state index >= 15 is 0 Å². The topological polar surface area (TPSA) is 64.7 Å². The molecule has 132 valence electrons. The number of para-hydroxylation sites is 2. The molecule has 0 saturated carbocycles. The Balaban J connectivity index is 1.93. The van der Waals surface area contributed by atoms with Crippen LogP contribution < -0.4 is 15.5 Å². The van der Waals surface area contributed by atoms with Crippen LogP contribution in [0, 0.1) is 0 Å². The van der Waals surface area contributed by atoms with Gasteiger partial charge in [0.1, 0.15) is 6.54 Å². The lowest BCUT2D eigenvalue weighted by Crippen LogP contribution is -2.41. The maximum Gasteiger partial charge on any atom is 0.406 e. The maximum absolute atomic E-state index is 12.4. The van der Waals surface area contributed by atoms with Crippen molar-refractivity contribution >= 4 is 23.3 Å². The van der Waals surface area contributed by atoms with Gasteiger partial charge >= 0.3 is 12.2 Å². The summed E-state index contributed by atoms with van der Waals surface area (Å²) in [5.41, 5.74) is 1.35. The van der Waals surface area contributed by atoms with E-state index in [2.05, 4.69) is 10.6 Å². The lowest BCUT2D eigenvalue weighted by molar-refractivity contribution is -0.157.